The number of hydrogen-bond acceptors (Lipinski definition) is 1. The fourth-order valence-electron chi connectivity index (χ4n) is 1.47. The van der Waals surface area contributed by atoms with E-state index in [4.69, 9.17) is 0 Å². The lowest BCUT2D eigenvalue weighted by molar-refractivity contribution is 0.902. The number of rotatable bonds is 0. The summed E-state index contributed by atoms with van der Waals surface area (Å²) in [6.45, 7) is 12.2. The highest BCUT2D eigenvalue weighted by Gasteiger charge is 2.03. The van der Waals surface area contributed by atoms with Crippen molar-refractivity contribution in [1.29, 1.82) is 0 Å². The molecule has 0 saturated carbocycles. The van der Waals surface area contributed by atoms with E-state index in [1.165, 1.54) is 16.6 Å². The lowest BCUT2D eigenvalue weighted by atomic mass is 10.2. The van der Waals surface area contributed by atoms with E-state index >= 15 is 0 Å². The van der Waals surface area contributed by atoms with Gasteiger partial charge in [0.2, 0.25) is 0 Å². The number of hydrogen-bond donors (Lipinski definition) is 0. The molecule has 0 saturated heterocycles. The van der Waals surface area contributed by atoms with Crippen LogP contribution in [0.1, 0.15) is 39.0 Å². The van der Waals surface area contributed by atoms with Crippen molar-refractivity contribution >= 4 is 11.0 Å². The summed E-state index contributed by atoms with van der Waals surface area (Å²) < 4.78 is 2.11. The average Bonchev–Trinajstić information content (AvgIpc) is 2.63. The Bertz CT molecular complexity index is 427. The van der Waals surface area contributed by atoms with Gasteiger partial charge in [0.15, 0.2) is 0 Å². The Morgan fingerprint density at radius 2 is 1.62 bits per heavy atom. The highest BCUT2D eigenvalue weighted by Crippen LogP contribution is 2.18. The SMILES string of the molecule is CC.CC.Cc1ccnc2c1cc(C)n2C. The van der Waals surface area contributed by atoms with Crippen molar-refractivity contribution in [2.75, 3.05) is 0 Å². The number of aryl methyl sites for hydroxylation is 3. The molecule has 0 aliphatic heterocycles. The fourth-order valence-corrected chi connectivity index (χ4v) is 1.47. The summed E-state index contributed by atoms with van der Waals surface area (Å²) in [4.78, 5) is 4.33. The molecule has 16 heavy (non-hydrogen) atoms. The Morgan fingerprint density at radius 1 is 1.06 bits per heavy atom. The topological polar surface area (TPSA) is 17.8 Å². The lowest BCUT2D eigenvalue weighted by Crippen LogP contribution is -1.91. The maximum atomic E-state index is 4.33. The lowest BCUT2D eigenvalue weighted by Gasteiger charge is -1.97. The molecule has 2 heterocycles. The molecule has 2 rings (SSSR count). The molecule has 90 valence electrons. The zero-order chi connectivity index (χ0) is 12.7. The van der Waals surface area contributed by atoms with E-state index in [1.807, 2.05) is 47.0 Å². The summed E-state index contributed by atoms with van der Waals surface area (Å²) in [5, 5.41) is 1.26. The monoisotopic (exact) mass is 220 g/mol. The van der Waals surface area contributed by atoms with Crippen molar-refractivity contribution in [1.82, 2.24) is 9.55 Å². The molecular weight excluding hydrogens is 196 g/mol. The molecule has 0 N–H and O–H groups in total. The molecule has 0 unspecified atom stereocenters. The van der Waals surface area contributed by atoms with Gasteiger partial charge in [-0.3, -0.25) is 0 Å². The third kappa shape index (κ3) is 2.84. The summed E-state index contributed by atoms with van der Waals surface area (Å²) in [5.41, 5.74) is 3.63. The Labute approximate surface area is 99.3 Å². The third-order valence-electron chi connectivity index (χ3n) is 2.39. The van der Waals surface area contributed by atoms with Crippen LogP contribution >= 0.6 is 0 Å². The largest absolute Gasteiger partial charge is 0.333 e. The van der Waals surface area contributed by atoms with Gasteiger partial charge in [-0.25, -0.2) is 4.98 Å². The minimum atomic E-state index is 1.08. The van der Waals surface area contributed by atoms with Crippen LogP contribution in [-0.4, -0.2) is 9.55 Å². The predicted octanol–water partition coefficient (Wildman–Crippen LogP) is 4.24. The van der Waals surface area contributed by atoms with Crippen molar-refractivity contribution in [2.24, 2.45) is 7.05 Å². The van der Waals surface area contributed by atoms with Gasteiger partial charge in [0, 0.05) is 24.3 Å². The molecule has 0 fully saturated rings. The molecule has 0 bridgehead atoms. The van der Waals surface area contributed by atoms with Gasteiger partial charge in [0.05, 0.1) is 0 Å². The van der Waals surface area contributed by atoms with Gasteiger partial charge in [-0.2, -0.15) is 0 Å². The van der Waals surface area contributed by atoms with Gasteiger partial charge in [0.1, 0.15) is 5.65 Å². The second-order valence-electron chi connectivity index (χ2n) is 3.21. The van der Waals surface area contributed by atoms with Crippen LogP contribution in [0.4, 0.5) is 0 Å². The summed E-state index contributed by atoms with van der Waals surface area (Å²) in [6, 6.07) is 4.22. The minimum Gasteiger partial charge on any atom is -0.333 e. The molecule has 0 atom stereocenters. The molecule has 2 aromatic rings. The Kier molecular flexibility index (Phi) is 6.47. The van der Waals surface area contributed by atoms with E-state index in [2.05, 4.69) is 29.5 Å². The number of fused-ring (bicyclic) bond motifs is 1. The van der Waals surface area contributed by atoms with Crippen molar-refractivity contribution < 1.29 is 0 Å². The van der Waals surface area contributed by atoms with Crippen LogP contribution in [0, 0.1) is 13.8 Å². The van der Waals surface area contributed by atoms with E-state index in [-0.39, 0.29) is 0 Å². The molecule has 0 aliphatic carbocycles. The van der Waals surface area contributed by atoms with E-state index in [9.17, 15) is 0 Å². The third-order valence-corrected chi connectivity index (χ3v) is 2.39. The van der Waals surface area contributed by atoms with Crippen LogP contribution in [0.25, 0.3) is 11.0 Å². The van der Waals surface area contributed by atoms with Crippen LogP contribution in [0.2, 0.25) is 0 Å². The van der Waals surface area contributed by atoms with E-state index in [1.54, 1.807) is 0 Å². The van der Waals surface area contributed by atoms with Gasteiger partial charge in [-0.05, 0) is 31.5 Å². The molecule has 0 spiro atoms. The fraction of sp³-hybridized carbons (Fsp3) is 0.500. The second-order valence-corrected chi connectivity index (χ2v) is 3.21. The van der Waals surface area contributed by atoms with Crippen molar-refractivity contribution in [3.8, 4) is 0 Å². The van der Waals surface area contributed by atoms with Gasteiger partial charge < -0.3 is 4.57 Å². The van der Waals surface area contributed by atoms with Crippen LogP contribution < -0.4 is 0 Å². The zero-order valence-electron chi connectivity index (χ0n) is 11.6. The summed E-state index contributed by atoms with van der Waals surface area (Å²) in [6.07, 6.45) is 1.86. The Balaban J connectivity index is 0.000000509. The van der Waals surface area contributed by atoms with Gasteiger partial charge >= 0.3 is 0 Å². The first kappa shape index (κ1) is 14.7. The highest BCUT2D eigenvalue weighted by molar-refractivity contribution is 5.80. The molecule has 0 aromatic carbocycles. The van der Waals surface area contributed by atoms with E-state index in [0.29, 0.717) is 0 Å². The van der Waals surface area contributed by atoms with Crippen molar-refractivity contribution in [2.45, 2.75) is 41.5 Å². The smallest absolute Gasteiger partial charge is 0.140 e. The normalized spacial score (nSPS) is 8.94. The first-order valence-corrected chi connectivity index (χ1v) is 6.08. The second kappa shape index (κ2) is 7.04. The minimum absolute atomic E-state index is 1.08. The Hall–Kier alpha value is -1.31. The average molecular weight is 220 g/mol. The van der Waals surface area contributed by atoms with Crippen LogP contribution in [0.3, 0.4) is 0 Å². The molecule has 2 heteroatoms. The highest BCUT2D eigenvalue weighted by atomic mass is 15.0. The summed E-state index contributed by atoms with van der Waals surface area (Å²) in [7, 11) is 2.05. The van der Waals surface area contributed by atoms with Crippen molar-refractivity contribution in [3.63, 3.8) is 0 Å². The number of pyridine rings is 1. The maximum Gasteiger partial charge on any atom is 0.140 e. The van der Waals surface area contributed by atoms with Crippen LogP contribution in [0.15, 0.2) is 18.3 Å². The zero-order valence-corrected chi connectivity index (χ0v) is 11.6. The number of nitrogens with zero attached hydrogens (tertiary/aromatic N) is 2. The van der Waals surface area contributed by atoms with Gasteiger partial charge in [-0.1, -0.05) is 27.7 Å². The Morgan fingerprint density at radius 3 is 2.12 bits per heavy atom. The van der Waals surface area contributed by atoms with E-state index < -0.39 is 0 Å². The summed E-state index contributed by atoms with van der Waals surface area (Å²) in [5.74, 6) is 0. The molecule has 0 amide bonds. The quantitative estimate of drug-likeness (QED) is 0.649. The standard InChI is InChI=1S/C10H12N2.2C2H6/c1-7-4-5-11-10-9(7)6-8(2)12(10)3;2*1-2/h4-6H,1-3H3;2*1-2H3. The molecular formula is C14H24N2. The van der Waals surface area contributed by atoms with Gasteiger partial charge in [-0.15, -0.1) is 0 Å². The molecule has 0 aliphatic rings. The summed E-state index contributed by atoms with van der Waals surface area (Å²) >= 11 is 0. The van der Waals surface area contributed by atoms with Crippen LogP contribution in [-0.2, 0) is 7.05 Å². The first-order valence-electron chi connectivity index (χ1n) is 6.08. The van der Waals surface area contributed by atoms with Crippen LogP contribution in [0.5, 0.6) is 0 Å². The molecule has 0 radical (unpaired) electrons. The predicted molar refractivity (Wildman–Crippen MR) is 72.9 cm³/mol. The maximum absolute atomic E-state index is 4.33. The van der Waals surface area contributed by atoms with Gasteiger partial charge in [0.25, 0.3) is 0 Å². The first-order chi connectivity index (χ1) is 7.70. The van der Waals surface area contributed by atoms with E-state index in [0.717, 1.165) is 5.65 Å². The van der Waals surface area contributed by atoms with Crippen molar-refractivity contribution in [3.05, 3.63) is 29.6 Å². The molecule has 2 aromatic heterocycles. The molecule has 2 nitrogen and oxygen atoms in total. The number of aromatic nitrogens is 2.